The summed E-state index contributed by atoms with van der Waals surface area (Å²) in [7, 11) is 0. The Labute approximate surface area is 113 Å². The molecule has 1 aromatic heterocycles. The third-order valence-electron chi connectivity index (χ3n) is 3.68. The van der Waals surface area contributed by atoms with Gasteiger partial charge >= 0.3 is 0 Å². The summed E-state index contributed by atoms with van der Waals surface area (Å²) in [6.07, 6.45) is 4.78. The van der Waals surface area contributed by atoms with Crippen molar-refractivity contribution < 1.29 is 4.79 Å². The van der Waals surface area contributed by atoms with Crippen molar-refractivity contribution in [3.05, 3.63) is 28.7 Å². The molecular weight excluding hydrogens is 242 g/mol. The molecule has 0 saturated carbocycles. The van der Waals surface area contributed by atoms with Crippen LogP contribution in [0.5, 0.6) is 0 Å². The van der Waals surface area contributed by atoms with Crippen LogP contribution >= 0.6 is 0 Å². The van der Waals surface area contributed by atoms with E-state index in [2.05, 4.69) is 6.92 Å². The van der Waals surface area contributed by atoms with Crippen LogP contribution in [0.15, 0.2) is 23.1 Å². The van der Waals surface area contributed by atoms with E-state index in [4.69, 9.17) is 5.73 Å². The molecule has 2 N–H and O–H groups in total. The van der Waals surface area contributed by atoms with Gasteiger partial charge in [-0.25, -0.2) is 0 Å². The number of nitrogens with two attached hydrogens (primary N) is 1. The summed E-state index contributed by atoms with van der Waals surface area (Å²) in [5.74, 6) is 0.676. The maximum absolute atomic E-state index is 12.2. The van der Waals surface area contributed by atoms with Crippen molar-refractivity contribution in [2.24, 2.45) is 5.92 Å². The summed E-state index contributed by atoms with van der Waals surface area (Å²) in [6.45, 7) is 3.88. The number of anilines is 1. The van der Waals surface area contributed by atoms with Crippen LogP contribution < -0.4 is 11.3 Å². The van der Waals surface area contributed by atoms with Gasteiger partial charge in [-0.3, -0.25) is 9.59 Å². The molecule has 1 aromatic rings. The maximum atomic E-state index is 12.2. The number of hydrogen-bond donors (Lipinski definition) is 1. The Morgan fingerprint density at radius 3 is 2.95 bits per heavy atom. The van der Waals surface area contributed by atoms with Gasteiger partial charge in [0.1, 0.15) is 6.54 Å². The fourth-order valence-corrected chi connectivity index (χ4v) is 2.43. The van der Waals surface area contributed by atoms with Crippen molar-refractivity contribution in [2.75, 3.05) is 18.8 Å². The van der Waals surface area contributed by atoms with Crippen LogP contribution in [0.3, 0.4) is 0 Å². The first-order valence-electron chi connectivity index (χ1n) is 6.80. The Morgan fingerprint density at radius 2 is 2.16 bits per heavy atom. The highest BCUT2D eigenvalue weighted by molar-refractivity contribution is 5.76. The summed E-state index contributed by atoms with van der Waals surface area (Å²) in [5, 5.41) is 0. The maximum Gasteiger partial charge on any atom is 0.251 e. The summed E-state index contributed by atoms with van der Waals surface area (Å²) in [5.41, 5.74) is 5.95. The van der Waals surface area contributed by atoms with Gasteiger partial charge in [0.2, 0.25) is 5.91 Å². The summed E-state index contributed by atoms with van der Waals surface area (Å²) in [4.78, 5) is 25.7. The Kier molecular flexibility index (Phi) is 4.24. The van der Waals surface area contributed by atoms with Crippen molar-refractivity contribution >= 4 is 11.6 Å². The molecule has 19 heavy (non-hydrogen) atoms. The van der Waals surface area contributed by atoms with E-state index < -0.39 is 0 Å². The molecule has 0 aliphatic carbocycles. The van der Waals surface area contributed by atoms with Crippen molar-refractivity contribution in [3.8, 4) is 0 Å². The highest BCUT2D eigenvalue weighted by atomic mass is 16.2. The lowest BCUT2D eigenvalue weighted by Crippen LogP contribution is -2.37. The highest BCUT2D eigenvalue weighted by Gasteiger charge is 2.18. The van der Waals surface area contributed by atoms with Crippen molar-refractivity contribution in [3.63, 3.8) is 0 Å². The first-order chi connectivity index (χ1) is 9.06. The molecule has 5 nitrogen and oxygen atoms in total. The first-order valence-corrected chi connectivity index (χ1v) is 6.80. The molecule has 0 aromatic carbocycles. The number of amides is 1. The molecule has 2 heterocycles. The summed E-state index contributed by atoms with van der Waals surface area (Å²) < 4.78 is 1.38. The van der Waals surface area contributed by atoms with Crippen molar-refractivity contribution in [1.82, 2.24) is 9.47 Å². The fourth-order valence-electron chi connectivity index (χ4n) is 2.43. The minimum absolute atomic E-state index is 0.00167. The number of rotatable bonds is 2. The van der Waals surface area contributed by atoms with Gasteiger partial charge in [-0.05, 0) is 31.2 Å². The van der Waals surface area contributed by atoms with E-state index in [-0.39, 0.29) is 18.0 Å². The van der Waals surface area contributed by atoms with Crippen LogP contribution in [0.1, 0.15) is 26.2 Å². The van der Waals surface area contributed by atoms with Crippen LogP contribution in [0, 0.1) is 5.92 Å². The van der Waals surface area contributed by atoms with Gasteiger partial charge in [0.25, 0.3) is 5.56 Å². The van der Waals surface area contributed by atoms with Crippen LogP contribution in [0.2, 0.25) is 0 Å². The lowest BCUT2D eigenvalue weighted by molar-refractivity contribution is -0.131. The summed E-state index contributed by atoms with van der Waals surface area (Å²) >= 11 is 0. The van der Waals surface area contributed by atoms with E-state index in [0.29, 0.717) is 11.6 Å². The van der Waals surface area contributed by atoms with Crippen molar-refractivity contribution in [2.45, 2.75) is 32.7 Å². The zero-order valence-corrected chi connectivity index (χ0v) is 11.3. The van der Waals surface area contributed by atoms with Crippen LogP contribution in [0.25, 0.3) is 0 Å². The second kappa shape index (κ2) is 5.91. The van der Waals surface area contributed by atoms with Gasteiger partial charge in [-0.2, -0.15) is 0 Å². The van der Waals surface area contributed by atoms with Gasteiger partial charge in [0.15, 0.2) is 0 Å². The third kappa shape index (κ3) is 3.59. The standard InChI is InChI=1S/C14H21N3O2/c1-11-3-2-7-16(8-6-11)14(19)10-17-9-12(15)4-5-13(17)18/h4-5,9,11H,2-3,6-8,10,15H2,1H3. The SMILES string of the molecule is CC1CCCN(C(=O)Cn2cc(N)ccc2=O)CC1. The van der Waals surface area contributed by atoms with E-state index in [9.17, 15) is 9.59 Å². The molecule has 0 radical (unpaired) electrons. The van der Waals surface area contributed by atoms with E-state index in [1.807, 2.05) is 4.90 Å². The molecule has 1 aliphatic heterocycles. The fraction of sp³-hybridized carbons (Fsp3) is 0.571. The smallest absolute Gasteiger partial charge is 0.251 e. The largest absolute Gasteiger partial charge is 0.398 e. The molecule has 1 fully saturated rings. The zero-order valence-electron chi connectivity index (χ0n) is 11.3. The van der Waals surface area contributed by atoms with Gasteiger partial charge in [-0.1, -0.05) is 6.92 Å². The molecule has 2 rings (SSSR count). The number of likely N-dealkylation sites (tertiary alicyclic amines) is 1. The molecule has 1 amide bonds. The molecule has 104 valence electrons. The number of hydrogen-bond acceptors (Lipinski definition) is 3. The van der Waals surface area contributed by atoms with Crippen LogP contribution in [-0.4, -0.2) is 28.5 Å². The number of aromatic nitrogens is 1. The Morgan fingerprint density at radius 1 is 1.37 bits per heavy atom. The monoisotopic (exact) mass is 263 g/mol. The van der Waals surface area contributed by atoms with E-state index in [1.54, 1.807) is 6.07 Å². The Bertz CT molecular complexity index is 510. The average Bonchev–Trinajstić information content (AvgIpc) is 2.59. The molecule has 1 aliphatic rings. The van der Waals surface area contributed by atoms with Crippen molar-refractivity contribution in [1.29, 1.82) is 0 Å². The third-order valence-corrected chi connectivity index (χ3v) is 3.68. The van der Waals surface area contributed by atoms with Gasteiger partial charge in [-0.15, -0.1) is 0 Å². The number of carbonyl (C=O) groups excluding carboxylic acids is 1. The highest BCUT2D eigenvalue weighted by Crippen LogP contribution is 2.16. The topological polar surface area (TPSA) is 68.3 Å². The molecular formula is C14H21N3O2. The van der Waals surface area contributed by atoms with Gasteiger partial charge in [0, 0.05) is 31.0 Å². The molecule has 0 bridgehead atoms. The predicted octanol–water partition coefficient (Wildman–Crippen LogP) is 1.08. The second-order valence-electron chi connectivity index (χ2n) is 5.35. The average molecular weight is 263 g/mol. The minimum atomic E-state index is -0.189. The minimum Gasteiger partial charge on any atom is -0.398 e. The van der Waals surface area contributed by atoms with E-state index in [1.165, 1.54) is 23.3 Å². The predicted molar refractivity (Wildman–Crippen MR) is 74.7 cm³/mol. The number of nitrogens with zero attached hydrogens (tertiary/aromatic N) is 2. The lowest BCUT2D eigenvalue weighted by atomic mass is 10.0. The number of nitrogen functional groups attached to an aromatic ring is 1. The first kappa shape index (κ1) is 13.6. The molecule has 5 heteroatoms. The molecule has 0 spiro atoms. The van der Waals surface area contributed by atoms with Crippen LogP contribution in [-0.2, 0) is 11.3 Å². The van der Waals surface area contributed by atoms with Gasteiger partial charge in [0.05, 0.1) is 0 Å². The number of carbonyl (C=O) groups is 1. The molecule has 1 unspecified atom stereocenters. The summed E-state index contributed by atoms with van der Waals surface area (Å²) in [6, 6.07) is 2.95. The lowest BCUT2D eigenvalue weighted by Gasteiger charge is -2.21. The van der Waals surface area contributed by atoms with Gasteiger partial charge < -0.3 is 15.2 Å². The van der Waals surface area contributed by atoms with Crippen LogP contribution in [0.4, 0.5) is 5.69 Å². The molecule has 1 saturated heterocycles. The Balaban J connectivity index is 2.04. The molecule has 1 atom stereocenters. The quantitative estimate of drug-likeness (QED) is 0.868. The van der Waals surface area contributed by atoms with E-state index >= 15 is 0 Å². The normalized spacial score (nSPS) is 20.1. The van der Waals surface area contributed by atoms with E-state index in [0.717, 1.165) is 25.9 Å². The zero-order chi connectivity index (χ0) is 13.8. The number of pyridine rings is 1. The second-order valence-corrected chi connectivity index (χ2v) is 5.35. The Hall–Kier alpha value is -1.78.